The highest BCUT2D eigenvalue weighted by Crippen LogP contribution is 2.48. The summed E-state index contributed by atoms with van der Waals surface area (Å²) in [7, 11) is 0. The molecular formula is C32H27ClF4N8O5. The molecule has 3 amide bonds. The monoisotopic (exact) mass is 714 g/mol. The fraction of sp³-hybridized carbons (Fsp3) is 0.219. The van der Waals surface area contributed by atoms with Gasteiger partial charge in [0.2, 0.25) is 11.9 Å². The van der Waals surface area contributed by atoms with E-state index in [1.807, 2.05) is 12.1 Å². The molecule has 5 N–H and O–H groups in total. The predicted octanol–water partition coefficient (Wildman–Crippen LogP) is 4.50. The van der Waals surface area contributed by atoms with Gasteiger partial charge < -0.3 is 31.3 Å². The summed E-state index contributed by atoms with van der Waals surface area (Å²) < 4.78 is 56.7. The van der Waals surface area contributed by atoms with E-state index in [0.717, 1.165) is 17.7 Å². The van der Waals surface area contributed by atoms with E-state index in [9.17, 15) is 36.7 Å². The first-order valence-corrected chi connectivity index (χ1v) is 15.2. The Balaban J connectivity index is 1.16. The van der Waals surface area contributed by atoms with Gasteiger partial charge in [-0.1, -0.05) is 29.8 Å². The number of halogens is 5. The van der Waals surface area contributed by atoms with E-state index in [1.54, 1.807) is 12.1 Å². The van der Waals surface area contributed by atoms with Crippen molar-refractivity contribution >= 4 is 58.4 Å². The molecule has 0 spiro atoms. The van der Waals surface area contributed by atoms with Crippen LogP contribution in [0, 0.1) is 5.82 Å². The zero-order valence-corrected chi connectivity index (χ0v) is 26.5. The molecule has 0 bridgehead atoms. The van der Waals surface area contributed by atoms with E-state index in [4.69, 9.17) is 16.3 Å². The zero-order valence-electron chi connectivity index (χ0n) is 25.7. The van der Waals surface area contributed by atoms with E-state index in [0.29, 0.717) is 23.6 Å². The number of hydrogen-bond donors (Lipinski definition) is 5. The molecule has 1 aromatic heterocycles. The van der Waals surface area contributed by atoms with E-state index < -0.39 is 66.7 Å². The highest BCUT2D eigenvalue weighted by atomic mass is 35.5. The summed E-state index contributed by atoms with van der Waals surface area (Å²) in [6.45, 7) is -2.65. The lowest BCUT2D eigenvalue weighted by Gasteiger charge is -2.19. The summed E-state index contributed by atoms with van der Waals surface area (Å²) in [6.07, 6.45) is -3.22. The summed E-state index contributed by atoms with van der Waals surface area (Å²) in [4.78, 5) is 60.9. The molecule has 5 rings (SSSR count). The summed E-state index contributed by atoms with van der Waals surface area (Å²) in [6, 6.07) is 17.2. The van der Waals surface area contributed by atoms with Gasteiger partial charge in [-0.25, -0.2) is 4.39 Å². The molecule has 1 saturated carbocycles. The number of alkyl halides is 3. The van der Waals surface area contributed by atoms with Gasteiger partial charge >= 0.3 is 24.0 Å². The number of hydrogen-bond acceptors (Lipinski definition) is 10. The van der Waals surface area contributed by atoms with Crippen molar-refractivity contribution in [2.45, 2.75) is 24.6 Å². The van der Waals surface area contributed by atoms with Crippen LogP contribution < -0.4 is 31.3 Å². The van der Waals surface area contributed by atoms with Crippen molar-refractivity contribution in [2.24, 2.45) is 0 Å². The number of amides is 3. The topological polar surface area (TPSA) is 176 Å². The number of ether oxygens (including phenoxy) is 1. The number of carbonyl (C=O) groups is 4. The molecule has 0 saturated heterocycles. The lowest BCUT2D eigenvalue weighted by atomic mass is 10.1. The minimum Gasteiger partial charge on any atom is -0.454 e. The normalized spacial score (nSPS) is 13.1. The molecule has 13 nitrogen and oxygen atoms in total. The third-order valence-electron chi connectivity index (χ3n) is 7.06. The smallest absolute Gasteiger partial charge is 0.422 e. The highest BCUT2D eigenvalue weighted by Gasteiger charge is 2.45. The predicted molar refractivity (Wildman–Crippen MR) is 172 cm³/mol. The molecule has 4 aromatic rings. The van der Waals surface area contributed by atoms with Gasteiger partial charge in [0.05, 0.1) is 18.6 Å². The minimum atomic E-state index is -4.63. The zero-order chi connectivity index (χ0) is 35.9. The fourth-order valence-corrected chi connectivity index (χ4v) is 4.59. The standard InChI is InChI=1S/C32H27ClF4N8O5/c33-20-8-6-19(7-9-20)31(12-13-31)45-29-42-28(43-30(44-29)50-17-32(35,36)37)41-22-10-4-18(5-11-22)25(47)38-15-24(46)16-39-26(48)27(49)40-23-3-1-2-21(34)14-23/h1-11,14H,12-13,15-17H2,(H,38,47)(H,39,48)(H,40,49)(H2,41,42,43,44,45). The van der Waals surface area contributed by atoms with Gasteiger partial charge in [-0.2, -0.15) is 28.1 Å². The summed E-state index contributed by atoms with van der Waals surface area (Å²) in [5, 5.41) is 13.3. The lowest BCUT2D eigenvalue weighted by molar-refractivity contribution is -0.154. The number of nitrogens with one attached hydrogen (secondary N) is 5. The molecule has 3 aromatic carbocycles. The van der Waals surface area contributed by atoms with Crippen molar-refractivity contribution < 1.29 is 41.5 Å². The minimum absolute atomic E-state index is 0.0313. The highest BCUT2D eigenvalue weighted by molar-refractivity contribution is 6.39. The molecule has 1 fully saturated rings. The Kier molecular flexibility index (Phi) is 10.7. The number of ketones is 1. The van der Waals surface area contributed by atoms with Crippen molar-refractivity contribution in [3.63, 3.8) is 0 Å². The Hall–Kier alpha value is -5.84. The van der Waals surface area contributed by atoms with Gasteiger partial charge in [0.1, 0.15) is 5.82 Å². The van der Waals surface area contributed by atoms with Crippen LogP contribution in [0.15, 0.2) is 72.8 Å². The maximum absolute atomic E-state index is 13.3. The van der Waals surface area contributed by atoms with Gasteiger partial charge in [0, 0.05) is 22.0 Å². The van der Waals surface area contributed by atoms with Crippen LogP contribution in [0.5, 0.6) is 6.01 Å². The van der Waals surface area contributed by atoms with E-state index in [2.05, 4.69) is 41.5 Å². The summed E-state index contributed by atoms with van der Waals surface area (Å²) in [5.41, 5.74) is 0.893. The number of nitrogens with zero attached hydrogens (tertiary/aromatic N) is 3. The second kappa shape index (κ2) is 15.1. The number of anilines is 4. The van der Waals surface area contributed by atoms with Crippen LogP contribution >= 0.6 is 11.6 Å². The molecule has 1 heterocycles. The third-order valence-corrected chi connectivity index (χ3v) is 7.31. The number of benzene rings is 3. The number of carbonyl (C=O) groups excluding carboxylic acids is 4. The lowest BCUT2D eigenvalue weighted by Crippen LogP contribution is -2.41. The van der Waals surface area contributed by atoms with Crippen LogP contribution in [0.2, 0.25) is 5.02 Å². The second-order valence-electron chi connectivity index (χ2n) is 11.0. The van der Waals surface area contributed by atoms with Crippen molar-refractivity contribution in [1.29, 1.82) is 0 Å². The average Bonchev–Trinajstić information content (AvgIpc) is 3.85. The average molecular weight is 715 g/mol. The van der Waals surface area contributed by atoms with Gasteiger partial charge in [-0.3, -0.25) is 19.2 Å². The Morgan fingerprint density at radius 2 is 1.50 bits per heavy atom. The van der Waals surface area contributed by atoms with Gasteiger partial charge in [0.25, 0.3) is 5.91 Å². The molecule has 0 radical (unpaired) electrons. The molecule has 18 heteroatoms. The Morgan fingerprint density at radius 1 is 0.820 bits per heavy atom. The SMILES string of the molecule is O=C(CNC(=O)C(=O)Nc1cccc(F)c1)CNC(=O)c1ccc(Nc2nc(NC3(c4ccc(Cl)cc4)CC3)nc(OCC(F)(F)F)n2)cc1. The van der Waals surface area contributed by atoms with Gasteiger partial charge in [-0.05, 0) is 73.0 Å². The first kappa shape index (κ1) is 35.5. The van der Waals surface area contributed by atoms with Crippen LogP contribution in [0.1, 0.15) is 28.8 Å². The van der Waals surface area contributed by atoms with Crippen molar-refractivity contribution in [3.05, 3.63) is 94.8 Å². The Labute approximate surface area is 286 Å². The first-order valence-electron chi connectivity index (χ1n) is 14.8. The summed E-state index contributed by atoms with van der Waals surface area (Å²) in [5.74, 6) is -4.28. The van der Waals surface area contributed by atoms with Crippen LogP contribution in [0.4, 0.5) is 40.8 Å². The van der Waals surface area contributed by atoms with E-state index in [1.165, 1.54) is 36.4 Å². The largest absolute Gasteiger partial charge is 0.454 e. The molecule has 0 aliphatic heterocycles. The molecule has 260 valence electrons. The maximum atomic E-state index is 13.3. The molecular weight excluding hydrogens is 688 g/mol. The summed E-state index contributed by atoms with van der Waals surface area (Å²) >= 11 is 6.00. The van der Waals surface area contributed by atoms with Crippen molar-refractivity contribution in [2.75, 3.05) is 35.6 Å². The van der Waals surface area contributed by atoms with Crippen LogP contribution in [0.3, 0.4) is 0 Å². The first-order chi connectivity index (χ1) is 23.8. The number of rotatable bonds is 13. The van der Waals surface area contributed by atoms with E-state index in [-0.39, 0.29) is 23.1 Å². The number of aromatic nitrogens is 3. The molecule has 50 heavy (non-hydrogen) atoms. The van der Waals surface area contributed by atoms with Crippen LogP contribution in [-0.2, 0) is 19.9 Å². The molecule has 0 atom stereocenters. The fourth-order valence-electron chi connectivity index (χ4n) is 4.46. The van der Waals surface area contributed by atoms with Crippen molar-refractivity contribution in [3.8, 4) is 6.01 Å². The molecule has 1 aliphatic carbocycles. The maximum Gasteiger partial charge on any atom is 0.422 e. The molecule has 0 unspecified atom stereocenters. The van der Waals surface area contributed by atoms with Crippen molar-refractivity contribution in [1.82, 2.24) is 25.6 Å². The molecule has 1 aliphatic rings. The second-order valence-corrected chi connectivity index (χ2v) is 11.4. The van der Waals surface area contributed by atoms with Gasteiger partial charge in [-0.15, -0.1) is 0 Å². The third kappa shape index (κ3) is 10.1. The van der Waals surface area contributed by atoms with Crippen LogP contribution in [0.25, 0.3) is 0 Å². The Morgan fingerprint density at radius 3 is 2.16 bits per heavy atom. The van der Waals surface area contributed by atoms with E-state index >= 15 is 0 Å². The van der Waals surface area contributed by atoms with Crippen LogP contribution in [-0.4, -0.2) is 64.3 Å². The van der Waals surface area contributed by atoms with Gasteiger partial charge in [0.15, 0.2) is 12.4 Å². The Bertz CT molecular complexity index is 1890. The number of Topliss-reactive ketones (excluding diaryl/α,β-unsaturated/α-hetero) is 1. The quantitative estimate of drug-likeness (QED) is 0.0979.